The summed E-state index contributed by atoms with van der Waals surface area (Å²) in [7, 11) is 0. The van der Waals surface area contributed by atoms with Crippen LogP contribution >= 0.6 is 0 Å². The molecule has 0 amide bonds. The highest BCUT2D eigenvalue weighted by Gasteiger charge is 2.08. The van der Waals surface area contributed by atoms with E-state index in [-0.39, 0.29) is 5.92 Å². The van der Waals surface area contributed by atoms with E-state index in [9.17, 15) is 4.79 Å². The molecule has 0 radical (unpaired) electrons. The predicted molar refractivity (Wildman–Crippen MR) is 57.6 cm³/mol. The van der Waals surface area contributed by atoms with E-state index >= 15 is 0 Å². The Morgan fingerprint density at radius 1 is 1.53 bits per heavy atom. The van der Waals surface area contributed by atoms with Crippen molar-refractivity contribution in [2.75, 3.05) is 13.1 Å². The second kappa shape index (κ2) is 6.14. The van der Waals surface area contributed by atoms with Gasteiger partial charge in [-0.15, -0.1) is 0 Å². The summed E-state index contributed by atoms with van der Waals surface area (Å²) in [6, 6.07) is 3.92. The second-order valence-electron chi connectivity index (χ2n) is 3.55. The third-order valence-corrected chi connectivity index (χ3v) is 2.21. The smallest absolute Gasteiger partial charge is 0.307 e. The first-order valence-electron chi connectivity index (χ1n) is 5.02. The summed E-state index contributed by atoms with van der Waals surface area (Å²) in [6.07, 6.45) is 4.42. The molecule has 0 aliphatic heterocycles. The van der Waals surface area contributed by atoms with Gasteiger partial charge in [-0.2, -0.15) is 0 Å². The first kappa shape index (κ1) is 11.7. The number of hydrogen-bond donors (Lipinski definition) is 2. The molecule has 0 fully saturated rings. The summed E-state index contributed by atoms with van der Waals surface area (Å²) in [5.41, 5.74) is 1.21. The predicted octanol–water partition coefficient (Wildman–Crippen LogP) is 0.934. The van der Waals surface area contributed by atoms with Gasteiger partial charge in [-0.25, -0.2) is 0 Å². The van der Waals surface area contributed by atoms with Crippen molar-refractivity contribution >= 4 is 5.97 Å². The fourth-order valence-corrected chi connectivity index (χ4v) is 1.19. The van der Waals surface area contributed by atoms with Crippen LogP contribution in [0.1, 0.15) is 12.5 Å². The maximum atomic E-state index is 10.5. The highest BCUT2D eigenvalue weighted by Crippen LogP contribution is 1.96. The van der Waals surface area contributed by atoms with E-state index in [1.165, 1.54) is 5.56 Å². The van der Waals surface area contributed by atoms with Crippen LogP contribution in [0.25, 0.3) is 0 Å². The lowest BCUT2D eigenvalue weighted by Gasteiger charge is -2.07. The molecule has 1 unspecified atom stereocenters. The van der Waals surface area contributed by atoms with Gasteiger partial charge in [-0.05, 0) is 30.7 Å². The van der Waals surface area contributed by atoms with Crippen LogP contribution in [0.5, 0.6) is 0 Å². The van der Waals surface area contributed by atoms with Crippen LogP contribution in [0.4, 0.5) is 0 Å². The summed E-state index contributed by atoms with van der Waals surface area (Å²) >= 11 is 0. The van der Waals surface area contributed by atoms with E-state index in [1.807, 2.05) is 12.1 Å². The van der Waals surface area contributed by atoms with E-state index in [4.69, 9.17) is 5.11 Å². The number of carboxylic acids is 1. The SMILES string of the molecule is CC(CNCCc1ccncc1)C(=O)O. The fourth-order valence-electron chi connectivity index (χ4n) is 1.19. The van der Waals surface area contributed by atoms with Gasteiger partial charge < -0.3 is 10.4 Å². The summed E-state index contributed by atoms with van der Waals surface area (Å²) in [4.78, 5) is 14.4. The Morgan fingerprint density at radius 3 is 2.80 bits per heavy atom. The third kappa shape index (κ3) is 4.56. The van der Waals surface area contributed by atoms with Gasteiger partial charge in [0, 0.05) is 18.9 Å². The maximum absolute atomic E-state index is 10.5. The molecule has 0 aromatic carbocycles. The van der Waals surface area contributed by atoms with Crippen molar-refractivity contribution in [2.24, 2.45) is 5.92 Å². The van der Waals surface area contributed by atoms with E-state index in [0.29, 0.717) is 6.54 Å². The molecular weight excluding hydrogens is 192 g/mol. The lowest BCUT2D eigenvalue weighted by Crippen LogP contribution is -2.27. The number of hydrogen-bond acceptors (Lipinski definition) is 3. The normalized spacial score (nSPS) is 12.3. The molecular formula is C11H16N2O2. The zero-order valence-electron chi connectivity index (χ0n) is 8.81. The van der Waals surface area contributed by atoms with Crippen molar-refractivity contribution < 1.29 is 9.90 Å². The van der Waals surface area contributed by atoms with Crippen LogP contribution in [0.2, 0.25) is 0 Å². The number of aliphatic carboxylic acids is 1. The molecule has 4 nitrogen and oxygen atoms in total. The average Bonchev–Trinajstić information content (AvgIpc) is 2.25. The van der Waals surface area contributed by atoms with Crippen molar-refractivity contribution in [3.63, 3.8) is 0 Å². The molecule has 1 aromatic heterocycles. The standard InChI is InChI=1S/C11H16N2O2/c1-9(11(14)15)8-13-7-4-10-2-5-12-6-3-10/h2-3,5-6,9,13H,4,7-8H2,1H3,(H,14,15). The molecule has 0 spiro atoms. The molecule has 82 valence electrons. The Hall–Kier alpha value is -1.42. The molecule has 4 heteroatoms. The first-order valence-corrected chi connectivity index (χ1v) is 5.02. The molecule has 0 saturated carbocycles. The number of aromatic nitrogens is 1. The minimum atomic E-state index is -0.758. The molecule has 1 heterocycles. The molecule has 1 rings (SSSR count). The Kier molecular flexibility index (Phi) is 4.77. The van der Waals surface area contributed by atoms with E-state index in [0.717, 1.165) is 13.0 Å². The number of nitrogens with one attached hydrogen (secondary N) is 1. The van der Waals surface area contributed by atoms with Gasteiger partial charge in [-0.1, -0.05) is 6.92 Å². The summed E-state index contributed by atoms with van der Waals surface area (Å²) < 4.78 is 0. The molecule has 0 aliphatic rings. The Labute approximate surface area is 89.3 Å². The monoisotopic (exact) mass is 208 g/mol. The third-order valence-electron chi connectivity index (χ3n) is 2.21. The minimum Gasteiger partial charge on any atom is -0.481 e. The quantitative estimate of drug-likeness (QED) is 0.683. The average molecular weight is 208 g/mol. The van der Waals surface area contributed by atoms with Crippen LogP contribution in [0.3, 0.4) is 0 Å². The number of carbonyl (C=O) groups is 1. The fraction of sp³-hybridized carbons (Fsp3) is 0.455. The Balaban J connectivity index is 2.15. The number of pyridine rings is 1. The lowest BCUT2D eigenvalue weighted by molar-refractivity contribution is -0.140. The van der Waals surface area contributed by atoms with Gasteiger partial charge in [0.2, 0.25) is 0 Å². The highest BCUT2D eigenvalue weighted by molar-refractivity contribution is 5.69. The molecule has 2 N–H and O–H groups in total. The van der Waals surface area contributed by atoms with Crippen LogP contribution < -0.4 is 5.32 Å². The van der Waals surface area contributed by atoms with Crippen molar-refractivity contribution in [1.82, 2.24) is 10.3 Å². The highest BCUT2D eigenvalue weighted by atomic mass is 16.4. The van der Waals surface area contributed by atoms with Crippen molar-refractivity contribution in [3.8, 4) is 0 Å². The molecule has 0 aliphatic carbocycles. The summed E-state index contributed by atoms with van der Waals surface area (Å²) in [5, 5.41) is 11.8. The minimum absolute atomic E-state index is 0.331. The van der Waals surface area contributed by atoms with Gasteiger partial charge in [0.05, 0.1) is 5.92 Å². The van der Waals surface area contributed by atoms with Crippen molar-refractivity contribution in [3.05, 3.63) is 30.1 Å². The summed E-state index contributed by atoms with van der Waals surface area (Å²) in [6.45, 7) is 3.00. The van der Waals surface area contributed by atoms with Gasteiger partial charge in [0.15, 0.2) is 0 Å². The Morgan fingerprint density at radius 2 is 2.20 bits per heavy atom. The van der Waals surface area contributed by atoms with Gasteiger partial charge in [0.1, 0.15) is 0 Å². The van der Waals surface area contributed by atoms with Crippen LogP contribution in [0, 0.1) is 5.92 Å². The van der Waals surface area contributed by atoms with E-state index in [2.05, 4.69) is 10.3 Å². The molecule has 1 aromatic rings. The van der Waals surface area contributed by atoms with Crippen LogP contribution in [-0.4, -0.2) is 29.1 Å². The molecule has 0 saturated heterocycles. The Bertz CT molecular complexity index is 301. The second-order valence-corrected chi connectivity index (χ2v) is 3.55. The topological polar surface area (TPSA) is 62.2 Å². The first-order chi connectivity index (χ1) is 7.20. The van der Waals surface area contributed by atoms with Crippen molar-refractivity contribution in [1.29, 1.82) is 0 Å². The van der Waals surface area contributed by atoms with Gasteiger partial charge >= 0.3 is 5.97 Å². The van der Waals surface area contributed by atoms with Gasteiger partial charge in [0.25, 0.3) is 0 Å². The van der Waals surface area contributed by atoms with E-state index in [1.54, 1.807) is 19.3 Å². The molecule has 0 bridgehead atoms. The molecule has 15 heavy (non-hydrogen) atoms. The van der Waals surface area contributed by atoms with Gasteiger partial charge in [-0.3, -0.25) is 9.78 Å². The number of rotatable bonds is 6. The van der Waals surface area contributed by atoms with Crippen LogP contribution in [-0.2, 0) is 11.2 Å². The summed E-state index contributed by atoms with van der Waals surface area (Å²) in [5.74, 6) is -1.09. The zero-order valence-corrected chi connectivity index (χ0v) is 8.81. The van der Waals surface area contributed by atoms with Crippen molar-refractivity contribution in [2.45, 2.75) is 13.3 Å². The van der Waals surface area contributed by atoms with Crippen LogP contribution in [0.15, 0.2) is 24.5 Å². The molecule has 1 atom stereocenters. The number of carboxylic acid groups (broad SMARTS) is 1. The number of nitrogens with zero attached hydrogens (tertiary/aromatic N) is 1. The zero-order chi connectivity index (χ0) is 11.1. The lowest BCUT2D eigenvalue weighted by atomic mass is 10.1. The maximum Gasteiger partial charge on any atom is 0.307 e. The largest absolute Gasteiger partial charge is 0.481 e. The van der Waals surface area contributed by atoms with E-state index < -0.39 is 5.97 Å².